The lowest BCUT2D eigenvalue weighted by Crippen LogP contribution is -2.37. The summed E-state index contributed by atoms with van der Waals surface area (Å²) in [5, 5.41) is 12.0. The molecule has 0 aliphatic heterocycles. The van der Waals surface area contributed by atoms with Crippen LogP contribution in [0.3, 0.4) is 0 Å². The quantitative estimate of drug-likeness (QED) is 0.907. The maximum atomic E-state index is 12.1. The van der Waals surface area contributed by atoms with E-state index in [1.165, 1.54) is 19.3 Å². The number of nitrogens with one attached hydrogen (secondary N) is 2. The van der Waals surface area contributed by atoms with Crippen molar-refractivity contribution in [3.05, 3.63) is 29.6 Å². The molecule has 21 heavy (non-hydrogen) atoms. The van der Waals surface area contributed by atoms with Gasteiger partial charge >= 0.3 is 0 Å². The third-order valence-corrected chi connectivity index (χ3v) is 3.96. The molecule has 1 fully saturated rings. The minimum absolute atomic E-state index is 0.0152. The van der Waals surface area contributed by atoms with Crippen LogP contribution in [0.5, 0.6) is 0 Å². The van der Waals surface area contributed by atoms with Crippen molar-refractivity contribution >= 4 is 16.9 Å². The Labute approximate surface area is 123 Å². The standard InChI is InChI=1S/C16H18N4O/c17-10-11-6-7-13-14(8-11)20-15(19-13)9-16(21)18-12-4-2-1-3-5-12/h6-8,12H,1-5,9H2,(H,18,21)(H,19,20). The average Bonchev–Trinajstić information content (AvgIpc) is 2.89. The largest absolute Gasteiger partial charge is 0.353 e. The summed E-state index contributed by atoms with van der Waals surface area (Å²) in [6.07, 6.45) is 6.10. The summed E-state index contributed by atoms with van der Waals surface area (Å²) < 4.78 is 0. The first-order valence-electron chi connectivity index (χ1n) is 7.43. The number of hydrogen-bond acceptors (Lipinski definition) is 3. The highest BCUT2D eigenvalue weighted by Crippen LogP contribution is 2.18. The number of benzene rings is 1. The van der Waals surface area contributed by atoms with Gasteiger partial charge in [-0.2, -0.15) is 5.26 Å². The van der Waals surface area contributed by atoms with Gasteiger partial charge in [0.05, 0.1) is 29.1 Å². The van der Waals surface area contributed by atoms with Crippen LogP contribution in [-0.2, 0) is 11.2 Å². The second kappa shape index (κ2) is 5.96. The Bertz CT molecular complexity index is 692. The molecule has 2 aromatic rings. The van der Waals surface area contributed by atoms with Crippen LogP contribution in [0.15, 0.2) is 18.2 Å². The average molecular weight is 282 g/mol. The molecule has 1 aliphatic rings. The lowest BCUT2D eigenvalue weighted by atomic mass is 9.95. The Kier molecular flexibility index (Phi) is 3.87. The molecule has 0 radical (unpaired) electrons. The monoisotopic (exact) mass is 282 g/mol. The summed E-state index contributed by atoms with van der Waals surface area (Å²) in [5.74, 6) is 0.662. The molecule has 2 N–H and O–H groups in total. The van der Waals surface area contributed by atoms with Crippen molar-refractivity contribution in [3.8, 4) is 6.07 Å². The van der Waals surface area contributed by atoms with Gasteiger partial charge in [-0.15, -0.1) is 0 Å². The topological polar surface area (TPSA) is 81.6 Å². The summed E-state index contributed by atoms with van der Waals surface area (Å²) in [7, 11) is 0. The predicted octanol–water partition coefficient (Wildman–Crippen LogP) is 2.43. The van der Waals surface area contributed by atoms with E-state index in [1.54, 1.807) is 18.2 Å². The van der Waals surface area contributed by atoms with Gasteiger partial charge in [0.15, 0.2) is 0 Å². The number of hydrogen-bond donors (Lipinski definition) is 2. The van der Waals surface area contributed by atoms with E-state index in [4.69, 9.17) is 5.26 Å². The number of nitrogens with zero attached hydrogens (tertiary/aromatic N) is 2. The van der Waals surface area contributed by atoms with Crippen molar-refractivity contribution in [2.75, 3.05) is 0 Å². The first kappa shape index (κ1) is 13.6. The van der Waals surface area contributed by atoms with Crippen LogP contribution in [-0.4, -0.2) is 21.9 Å². The fourth-order valence-electron chi connectivity index (χ4n) is 2.89. The Morgan fingerprint density at radius 2 is 2.19 bits per heavy atom. The number of carbonyl (C=O) groups excluding carboxylic acids is 1. The smallest absolute Gasteiger partial charge is 0.227 e. The molecule has 1 amide bonds. The van der Waals surface area contributed by atoms with Gasteiger partial charge in [0.25, 0.3) is 0 Å². The molecule has 1 heterocycles. The van der Waals surface area contributed by atoms with Crippen LogP contribution in [0.1, 0.15) is 43.5 Å². The number of aromatic amines is 1. The Morgan fingerprint density at radius 1 is 1.38 bits per heavy atom. The number of amides is 1. The zero-order valence-electron chi connectivity index (χ0n) is 11.9. The molecular formula is C16H18N4O. The number of fused-ring (bicyclic) bond motifs is 1. The molecule has 1 aliphatic carbocycles. The number of nitriles is 1. The molecular weight excluding hydrogens is 264 g/mol. The Morgan fingerprint density at radius 3 is 2.95 bits per heavy atom. The van der Waals surface area contributed by atoms with E-state index in [-0.39, 0.29) is 12.3 Å². The van der Waals surface area contributed by atoms with Crippen LogP contribution in [0.4, 0.5) is 0 Å². The van der Waals surface area contributed by atoms with Crippen molar-refractivity contribution in [1.29, 1.82) is 5.26 Å². The summed E-state index contributed by atoms with van der Waals surface area (Å²) in [4.78, 5) is 19.6. The summed E-state index contributed by atoms with van der Waals surface area (Å²) in [5.41, 5.74) is 2.17. The van der Waals surface area contributed by atoms with Gasteiger partial charge < -0.3 is 10.3 Å². The first-order valence-corrected chi connectivity index (χ1v) is 7.43. The number of H-pyrrole nitrogens is 1. The molecule has 1 aromatic heterocycles. The molecule has 0 atom stereocenters. The van der Waals surface area contributed by atoms with Crippen LogP contribution in [0.2, 0.25) is 0 Å². The number of aromatic nitrogens is 2. The Hall–Kier alpha value is -2.35. The summed E-state index contributed by atoms with van der Waals surface area (Å²) in [6.45, 7) is 0. The molecule has 0 bridgehead atoms. The minimum Gasteiger partial charge on any atom is -0.353 e. The van der Waals surface area contributed by atoms with E-state index in [0.717, 1.165) is 23.9 Å². The molecule has 1 saturated carbocycles. The van der Waals surface area contributed by atoms with E-state index in [1.807, 2.05) is 0 Å². The highest BCUT2D eigenvalue weighted by Gasteiger charge is 2.16. The molecule has 5 nitrogen and oxygen atoms in total. The zero-order valence-corrected chi connectivity index (χ0v) is 11.9. The van der Waals surface area contributed by atoms with Gasteiger partial charge in [-0.3, -0.25) is 4.79 Å². The summed E-state index contributed by atoms with van der Waals surface area (Å²) >= 11 is 0. The lowest BCUT2D eigenvalue weighted by Gasteiger charge is -2.22. The van der Waals surface area contributed by atoms with Crippen molar-refractivity contribution < 1.29 is 4.79 Å². The van der Waals surface area contributed by atoms with Crippen LogP contribution >= 0.6 is 0 Å². The fraction of sp³-hybridized carbons (Fsp3) is 0.438. The molecule has 0 spiro atoms. The lowest BCUT2D eigenvalue weighted by molar-refractivity contribution is -0.121. The number of carbonyl (C=O) groups is 1. The SMILES string of the molecule is N#Cc1ccc2nc(CC(=O)NC3CCCCC3)[nH]c2c1. The molecule has 0 saturated heterocycles. The second-order valence-electron chi connectivity index (χ2n) is 5.61. The van der Waals surface area contributed by atoms with E-state index in [0.29, 0.717) is 17.4 Å². The van der Waals surface area contributed by atoms with Crippen molar-refractivity contribution in [1.82, 2.24) is 15.3 Å². The van der Waals surface area contributed by atoms with Crippen LogP contribution < -0.4 is 5.32 Å². The van der Waals surface area contributed by atoms with Gasteiger partial charge in [-0.1, -0.05) is 19.3 Å². The third-order valence-electron chi connectivity index (χ3n) is 3.96. The van der Waals surface area contributed by atoms with E-state index in [2.05, 4.69) is 21.4 Å². The van der Waals surface area contributed by atoms with Gasteiger partial charge in [0, 0.05) is 6.04 Å². The molecule has 108 valence electrons. The van der Waals surface area contributed by atoms with Crippen molar-refractivity contribution in [3.63, 3.8) is 0 Å². The fourth-order valence-corrected chi connectivity index (χ4v) is 2.89. The highest BCUT2D eigenvalue weighted by atomic mass is 16.1. The van der Waals surface area contributed by atoms with Gasteiger partial charge in [0.1, 0.15) is 5.82 Å². The first-order chi connectivity index (χ1) is 10.2. The Balaban J connectivity index is 1.66. The predicted molar refractivity (Wildman–Crippen MR) is 79.5 cm³/mol. The third kappa shape index (κ3) is 3.22. The van der Waals surface area contributed by atoms with Gasteiger partial charge in [-0.05, 0) is 31.0 Å². The van der Waals surface area contributed by atoms with Gasteiger partial charge in [0.2, 0.25) is 5.91 Å². The minimum atomic E-state index is 0.0152. The zero-order chi connectivity index (χ0) is 14.7. The maximum Gasteiger partial charge on any atom is 0.227 e. The van der Waals surface area contributed by atoms with E-state index < -0.39 is 0 Å². The van der Waals surface area contributed by atoms with E-state index in [9.17, 15) is 4.79 Å². The van der Waals surface area contributed by atoms with Crippen molar-refractivity contribution in [2.45, 2.75) is 44.6 Å². The van der Waals surface area contributed by atoms with Crippen LogP contribution in [0, 0.1) is 11.3 Å². The molecule has 5 heteroatoms. The van der Waals surface area contributed by atoms with E-state index >= 15 is 0 Å². The van der Waals surface area contributed by atoms with Crippen molar-refractivity contribution in [2.24, 2.45) is 0 Å². The van der Waals surface area contributed by atoms with Crippen LogP contribution in [0.25, 0.3) is 11.0 Å². The number of imidazole rings is 1. The molecule has 1 aromatic carbocycles. The normalized spacial score (nSPS) is 15.8. The summed E-state index contributed by atoms with van der Waals surface area (Å²) in [6, 6.07) is 7.70. The van der Waals surface area contributed by atoms with Gasteiger partial charge in [-0.25, -0.2) is 4.98 Å². The molecule has 0 unspecified atom stereocenters. The second-order valence-corrected chi connectivity index (χ2v) is 5.61. The maximum absolute atomic E-state index is 12.1. The number of rotatable bonds is 3. The highest BCUT2D eigenvalue weighted by molar-refractivity contribution is 5.81. The molecule has 3 rings (SSSR count).